The Morgan fingerprint density at radius 1 is 1.39 bits per heavy atom. The number of benzene rings is 1. The van der Waals surface area contributed by atoms with Gasteiger partial charge in [-0.05, 0) is 35.0 Å². The van der Waals surface area contributed by atoms with Gasteiger partial charge in [-0.3, -0.25) is 4.98 Å². The van der Waals surface area contributed by atoms with E-state index < -0.39 is 13.0 Å². The predicted octanol–water partition coefficient (Wildman–Crippen LogP) is 4.60. The van der Waals surface area contributed by atoms with Crippen molar-refractivity contribution in [3.63, 3.8) is 0 Å². The molecule has 0 N–H and O–H groups in total. The first-order valence-corrected chi connectivity index (χ1v) is 6.32. The Morgan fingerprint density at radius 2 is 2.11 bits per heavy atom. The summed E-state index contributed by atoms with van der Waals surface area (Å²) < 4.78 is 29.8. The first-order valence-electron chi connectivity index (χ1n) is 5.14. The van der Waals surface area contributed by atoms with E-state index in [1.165, 1.54) is 0 Å². The standard InChI is InChI=1S/C12H9BrClF2NO/c1-6-2-9(14)7-3-8(13)11(4-10(7)17-6)18-5-12(15)16/h2-4,12H,5H2,1H3. The van der Waals surface area contributed by atoms with E-state index in [1.54, 1.807) is 18.2 Å². The van der Waals surface area contributed by atoms with Gasteiger partial charge >= 0.3 is 0 Å². The predicted molar refractivity (Wildman–Crippen MR) is 70.7 cm³/mol. The third-order valence-corrected chi connectivity index (χ3v) is 3.24. The molecule has 0 bridgehead atoms. The molecule has 1 aromatic carbocycles. The Bertz CT molecular complexity index is 592. The molecule has 6 heteroatoms. The number of hydrogen-bond acceptors (Lipinski definition) is 2. The van der Waals surface area contributed by atoms with Crippen LogP contribution in [0.15, 0.2) is 22.7 Å². The van der Waals surface area contributed by atoms with E-state index in [0.29, 0.717) is 20.8 Å². The lowest BCUT2D eigenvalue weighted by Crippen LogP contribution is -2.07. The summed E-state index contributed by atoms with van der Waals surface area (Å²) in [4.78, 5) is 4.29. The molecular weight excluding hydrogens is 327 g/mol. The molecule has 0 unspecified atom stereocenters. The van der Waals surface area contributed by atoms with Crippen LogP contribution in [0.3, 0.4) is 0 Å². The van der Waals surface area contributed by atoms with E-state index in [4.69, 9.17) is 16.3 Å². The van der Waals surface area contributed by atoms with Crippen LogP contribution in [-0.4, -0.2) is 18.0 Å². The van der Waals surface area contributed by atoms with Crippen molar-refractivity contribution in [3.05, 3.63) is 33.4 Å². The highest BCUT2D eigenvalue weighted by molar-refractivity contribution is 9.10. The van der Waals surface area contributed by atoms with Gasteiger partial charge in [-0.1, -0.05) is 11.6 Å². The monoisotopic (exact) mass is 335 g/mol. The summed E-state index contributed by atoms with van der Waals surface area (Å²) >= 11 is 9.36. The minimum absolute atomic E-state index is 0.331. The van der Waals surface area contributed by atoms with Crippen LogP contribution in [-0.2, 0) is 0 Å². The molecule has 0 saturated carbocycles. The number of pyridine rings is 1. The van der Waals surface area contributed by atoms with Crippen LogP contribution >= 0.6 is 27.5 Å². The lowest BCUT2D eigenvalue weighted by molar-refractivity contribution is 0.0816. The molecule has 0 aliphatic heterocycles. The van der Waals surface area contributed by atoms with E-state index in [-0.39, 0.29) is 0 Å². The van der Waals surface area contributed by atoms with Crippen molar-refractivity contribution >= 4 is 38.4 Å². The fraction of sp³-hybridized carbons (Fsp3) is 0.250. The van der Waals surface area contributed by atoms with Crippen LogP contribution < -0.4 is 4.74 Å². The molecule has 1 aromatic heterocycles. The number of fused-ring (bicyclic) bond motifs is 1. The zero-order valence-corrected chi connectivity index (χ0v) is 11.7. The number of hydrogen-bond donors (Lipinski definition) is 0. The van der Waals surface area contributed by atoms with Crippen LogP contribution in [0, 0.1) is 6.92 Å². The van der Waals surface area contributed by atoms with E-state index in [2.05, 4.69) is 20.9 Å². The molecule has 0 fully saturated rings. The maximum atomic E-state index is 12.1. The normalized spacial score (nSPS) is 11.2. The van der Waals surface area contributed by atoms with Crippen molar-refractivity contribution in [1.82, 2.24) is 4.98 Å². The summed E-state index contributed by atoms with van der Waals surface area (Å²) in [5.74, 6) is 0.331. The van der Waals surface area contributed by atoms with Gasteiger partial charge in [0.25, 0.3) is 6.43 Å². The number of halogens is 4. The molecule has 2 aromatic rings. The zero-order chi connectivity index (χ0) is 13.3. The Labute approximate surface area is 116 Å². The summed E-state index contributed by atoms with van der Waals surface area (Å²) in [6.45, 7) is 1.16. The van der Waals surface area contributed by atoms with E-state index in [9.17, 15) is 8.78 Å². The molecular formula is C12H9BrClF2NO. The topological polar surface area (TPSA) is 22.1 Å². The highest BCUT2D eigenvalue weighted by atomic mass is 79.9. The van der Waals surface area contributed by atoms with Gasteiger partial charge in [0.05, 0.1) is 15.0 Å². The molecule has 0 spiro atoms. The molecule has 0 amide bonds. The van der Waals surface area contributed by atoms with Crippen LogP contribution in [0.5, 0.6) is 5.75 Å². The van der Waals surface area contributed by atoms with Gasteiger partial charge in [-0.2, -0.15) is 0 Å². The quantitative estimate of drug-likeness (QED) is 0.817. The molecule has 0 aliphatic carbocycles. The fourth-order valence-electron chi connectivity index (χ4n) is 1.57. The van der Waals surface area contributed by atoms with Crippen molar-refractivity contribution < 1.29 is 13.5 Å². The van der Waals surface area contributed by atoms with Crippen molar-refractivity contribution in [2.24, 2.45) is 0 Å². The van der Waals surface area contributed by atoms with Gasteiger partial charge in [0.1, 0.15) is 12.4 Å². The lowest BCUT2D eigenvalue weighted by Gasteiger charge is -2.10. The minimum Gasteiger partial charge on any atom is -0.486 e. The third-order valence-electron chi connectivity index (χ3n) is 2.30. The first-order chi connectivity index (χ1) is 8.47. The molecule has 0 aliphatic rings. The van der Waals surface area contributed by atoms with Crippen molar-refractivity contribution in [2.75, 3.05) is 6.61 Å². The van der Waals surface area contributed by atoms with Crippen molar-refractivity contribution in [3.8, 4) is 5.75 Å². The van der Waals surface area contributed by atoms with Crippen molar-refractivity contribution in [1.29, 1.82) is 0 Å². The van der Waals surface area contributed by atoms with Crippen LogP contribution in [0.25, 0.3) is 10.9 Å². The number of alkyl halides is 2. The molecule has 2 rings (SSSR count). The molecule has 2 nitrogen and oxygen atoms in total. The average molecular weight is 337 g/mol. The minimum atomic E-state index is -2.51. The number of ether oxygens (including phenoxy) is 1. The van der Waals surface area contributed by atoms with Crippen molar-refractivity contribution in [2.45, 2.75) is 13.3 Å². The summed E-state index contributed by atoms with van der Waals surface area (Å²) in [5.41, 5.74) is 1.38. The van der Waals surface area contributed by atoms with E-state index in [1.807, 2.05) is 6.92 Å². The first kappa shape index (κ1) is 13.5. The molecule has 96 valence electrons. The smallest absolute Gasteiger partial charge is 0.272 e. The van der Waals surface area contributed by atoms with Gasteiger partial charge < -0.3 is 4.74 Å². The highest BCUT2D eigenvalue weighted by Gasteiger charge is 2.10. The van der Waals surface area contributed by atoms with Gasteiger partial charge in [-0.15, -0.1) is 0 Å². The summed E-state index contributed by atoms with van der Waals surface area (Å²) in [7, 11) is 0. The fourth-order valence-corrected chi connectivity index (χ4v) is 2.34. The lowest BCUT2D eigenvalue weighted by atomic mass is 10.2. The Kier molecular flexibility index (Phi) is 4.02. The Balaban J connectivity index is 2.47. The largest absolute Gasteiger partial charge is 0.486 e. The average Bonchev–Trinajstić information content (AvgIpc) is 2.27. The molecule has 1 heterocycles. The van der Waals surface area contributed by atoms with Crippen LogP contribution in [0.2, 0.25) is 5.02 Å². The summed E-state index contributed by atoms with van der Waals surface area (Å²) in [5, 5.41) is 1.32. The summed E-state index contributed by atoms with van der Waals surface area (Å²) in [6, 6.07) is 5.06. The SMILES string of the molecule is Cc1cc(Cl)c2cc(Br)c(OCC(F)F)cc2n1. The second-order valence-electron chi connectivity index (χ2n) is 3.75. The van der Waals surface area contributed by atoms with E-state index in [0.717, 1.165) is 11.1 Å². The molecule has 0 atom stereocenters. The Hall–Kier alpha value is -0.940. The zero-order valence-electron chi connectivity index (χ0n) is 9.38. The van der Waals surface area contributed by atoms with Gasteiger partial charge in [0.2, 0.25) is 0 Å². The maximum Gasteiger partial charge on any atom is 0.272 e. The molecule has 0 saturated heterocycles. The maximum absolute atomic E-state index is 12.1. The second-order valence-corrected chi connectivity index (χ2v) is 5.01. The second kappa shape index (κ2) is 5.36. The highest BCUT2D eigenvalue weighted by Crippen LogP contribution is 2.33. The van der Waals surface area contributed by atoms with Gasteiger partial charge in [-0.25, -0.2) is 8.78 Å². The number of rotatable bonds is 3. The summed E-state index contributed by atoms with van der Waals surface area (Å²) in [6.07, 6.45) is -2.51. The molecule has 18 heavy (non-hydrogen) atoms. The van der Waals surface area contributed by atoms with Crippen LogP contribution in [0.1, 0.15) is 5.69 Å². The van der Waals surface area contributed by atoms with Gasteiger partial charge in [0, 0.05) is 17.1 Å². The third kappa shape index (κ3) is 2.90. The van der Waals surface area contributed by atoms with Gasteiger partial charge in [0.15, 0.2) is 0 Å². The molecule has 0 radical (unpaired) electrons. The van der Waals surface area contributed by atoms with Crippen LogP contribution in [0.4, 0.5) is 8.78 Å². The number of aromatic nitrogens is 1. The number of aryl methyl sites for hydroxylation is 1. The Morgan fingerprint density at radius 3 is 2.78 bits per heavy atom. The van der Waals surface area contributed by atoms with E-state index >= 15 is 0 Å². The number of nitrogens with zero attached hydrogens (tertiary/aromatic N) is 1.